The lowest BCUT2D eigenvalue weighted by atomic mass is 9.81. The number of oxime groups is 1. The average Bonchev–Trinajstić information content (AvgIpc) is 2.42. The highest BCUT2D eigenvalue weighted by molar-refractivity contribution is 5.80. The van der Waals surface area contributed by atoms with Crippen molar-refractivity contribution in [2.45, 2.75) is 44.7 Å². The van der Waals surface area contributed by atoms with Gasteiger partial charge in [0.2, 0.25) is 5.91 Å². The van der Waals surface area contributed by atoms with E-state index in [1.165, 1.54) is 0 Å². The fourth-order valence-electron chi connectivity index (χ4n) is 2.36. The van der Waals surface area contributed by atoms with Crippen LogP contribution >= 0.6 is 0 Å². The van der Waals surface area contributed by atoms with Gasteiger partial charge in [-0.1, -0.05) is 5.16 Å². The Morgan fingerprint density at radius 1 is 1.30 bits per heavy atom. The van der Waals surface area contributed by atoms with Crippen molar-refractivity contribution in [1.82, 2.24) is 5.32 Å². The van der Waals surface area contributed by atoms with Gasteiger partial charge < -0.3 is 16.3 Å². The first kappa shape index (κ1) is 16.6. The van der Waals surface area contributed by atoms with E-state index in [1.807, 2.05) is 0 Å². The number of hydrogen-bond acceptors (Lipinski definition) is 3. The molecule has 0 aromatic rings. The molecule has 0 bridgehead atoms. The molecule has 0 saturated heterocycles. The van der Waals surface area contributed by atoms with E-state index in [1.54, 1.807) is 0 Å². The van der Waals surface area contributed by atoms with E-state index >= 15 is 0 Å². The Morgan fingerprint density at radius 3 is 2.40 bits per heavy atom. The Bertz CT molecular complexity index is 350. The van der Waals surface area contributed by atoms with Crippen LogP contribution in [0.2, 0.25) is 0 Å². The van der Waals surface area contributed by atoms with Crippen LogP contribution in [-0.2, 0) is 4.79 Å². The normalized spacial score (nSPS) is 24.4. The van der Waals surface area contributed by atoms with E-state index in [0.29, 0.717) is 19.4 Å². The molecule has 20 heavy (non-hydrogen) atoms. The summed E-state index contributed by atoms with van der Waals surface area (Å²) in [6, 6.07) is 0. The maximum absolute atomic E-state index is 12.5. The van der Waals surface area contributed by atoms with Gasteiger partial charge in [-0.05, 0) is 32.1 Å². The first-order valence-corrected chi connectivity index (χ1v) is 6.65. The van der Waals surface area contributed by atoms with Crippen molar-refractivity contribution in [3.05, 3.63) is 0 Å². The van der Waals surface area contributed by atoms with Gasteiger partial charge in [-0.2, -0.15) is 13.2 Å². The molecule has 1 aliphatic rings. The highest BCUT2D eigenvalue weighted by atomic mass is 19.4. The number of alkyl halides is 3. The quantitative estimate of drug-likeness (QED) is 0.238. The van der Waals surface area contributed by atoms with E-state index < -0.39 is 12.1 Å². The third-order valence-corrected chi connectivity index (χ3v) is 3.60. The van der Waals surface area contributed by atoms with Crippen molar-refractivity contribution >= 4 is 11.7 Å². The summed E-state index contributed by atoms with van der Waals surface area (Å²) in [5.41, 5.74) is 5.27. The van der Waals surface area contributed by atoms with Gasteiger partial charge in [0, 0.05) is 18.9 Å². The average molecular weight is 295 g/mol. The van der Waals surface area contributed by atoms with Crippen molar-refractivity contribution in [3.63, 3.8) is 0 Å². The lowest BCUT2D eigenvalue weighted by Gasteiger charge is -2.29. The molecule has 1 amide bonds. The molecule has 1 saturated carbocycles. The summed E-state index contributed by atoms with van der Waals surface area (Å²) < 4.78 is 37.4. The smallest absolute Gasteiger partial charge is 0.391 e. The minimum absolute atomic E-state index is 0.0195. The Morgan fingerprint density at radius 2 is 1.90 bits per heavy atom. The van der Waals surface area contributed by atoms with Crippen LogP contribution < -0.4 is 11.1 Å². The summed E-state index contributed by atoms with van der Waals surface area (Å²) >= 11 is 0. The molecule has 0 aliphatic heterocycles. The van der Waals surface area contributed by atoms with Crippen LogP contribution in [0, 0.1) is 11.8 Å². The lowest BCUT2D eigenvalue weighted by molar-refractivity contribution is -0.184. The molecular weight excluding hydrogens is 275 g/mol. The van der Waals surface area contributed by atoms with E-state index in [0.717, 1.165) is 0 Å². The number of halogens is 3. The standard InChI is InChI=1S/C12H20F3N3O2/c13-12(14,15)9-5-3-8(4-6-9)11(19)17-7-1-2-10(16)18-20/h8-9,20H,1-7H2,(H2,16,18)(H,17,19). The minimum Gasteiger partial charge on any atom is -0.409 e. The highest BCUT2D eigenvalue weighted by Crippen LogP contribution is 2.39. The maximum atomic E-state index is 12.5. The third kappa shape index (κ3) is 5.26. The van der Waals surface area contributed by atoms with Gasteiger partial charge in [-0.15, -0.1) is 0 Å². The van der Waals surface area contributed by atoms with E-state index in [-0.39, 0.29) is 43.3 Å². The number of amidine groups is 1. The predicted octanol–water partition coefficient (Wildman–Crippen LogP) is 2.00. The maximum Gasteiger partial charge on any atom is 0.391 e. The molecule has 0 radical (unpaired) electrons. The van der Waals surface area contributed by atoms with Gasteiger partial charge in [0.25, 0.3) is 0 Å². The van der Waals surface area contributed by atoms with Crippen molar-refractivity contribution in [1.29, 1.82) is 0 Å². The number of hydrogen-bond donors (Lipinski definition) is 3. The molecule has 0 aromatic heterocycles. The van der Waals surface area contributed by atoms with Gasteiger partial charge in [0.15, 0.2) is 0 Å². The Labute approximate surface area is 115 Å². The van der Waals surface area contributed by atoms with Crippen LogP contribution in [0.1, 0.15) is 38.5 Å². The Hall–Kier alpha value is -1.47. The van der Waals surface area contributed by atoms with Gasteiger partial charge in [-0.25, -0.2) is 0 Å². The fraction of sp³-hybridized carbons (Fsp3) is 0.833. The second kappa shape index (κ2) is 7.35. The number of carbonyl (C=O) groups is 1. The molecule has 0 aromatic carbocycles. The molecule has 8 heteroatoms. The summed E-state index contributed by atoms with van der Waals surface area (Å²) in [7, 11) is 0. The van der Waals surface area contributed by atoms with Crippen molar-refractivity contribution in [2.24, 2.45) is 22.7 Å². The number of carbonyl (C=O) groups excluding carboxylic acids is 1. The molecule has 0 atom stereocenters. The monoisotopic (exact) mass is 295 g/mol. The first-order chi connectivity index (χ1) is 9.34. The summed E-state index contributed by atoms with van der Waals surface area (Å²) in [4.78, 5) is 11.8. The third-order valence-electron chi connectivity index (χ3n) is 3.60. The van der Waals surface area contributed by atoms with Crippen molar-refractivity contribution in [3.8, 4) is 0 Å². The molecule has 5 nitrogen and oxygen atoms in total. The van der Waals surface area contributed by atoms with Gasteiger partial charge in [0.05, 0.1) is 5.92 Å². The Kier molecular flexibility index (Phi) is 6.09. The fourth-order valence-corrected chi connectivity index (χ4v) is 2.36. The lowest BCUT2D eigenvalue weighted by Crippen LogP contribution is -2.36. The van der Waals surface area contributed by atoms with Crippen LogP contribution in [0.3, 0.4) is 0 Å². The topological polar surface area (TPSA) is 87.7 Å². The zero-order valence-corrected chi connectivity index (χ0v) is 11.1. The van der Waals surface area contributed by atoms with E-state index in [2.05, 4.69) is 10.5 Å². The second-order valence-electron chi connectivity index (χ2n) is 5.08. The van der Waals surface area contributed by atoms with Crippen molar-refractivity contribution < 1.29 is 23.2 Å². The van der Waals surface area contributed by atoms with Crippen LogP contribution in [0.25, 0.3) is 0 Å². The van der Waals surface area contributed by atoms with Crippen LogP contribution in [-0.4, -0.2) is 29.7 Å². The predicted molar refractivity (Wildman–Crippen MR) is 67.2 cm³/mol. The van der Waals surface area contributed by atoms with E-state index in [4.69, 9.17) is 10.9 Å². The Balaban J connectivity index is 2.23. The first-order valence-electron chi connectivity index (χ1n) is 6.65. The summed E-state index contributed by atoms with van der Waals surface area (Å²) in [5.74, 6) is -1.72. The number of nitrogens with two attached hydrogens (primary N) is 1. The zero-order valence-electron chi connectivity index (χ0n) is 11.1. The molecule has 1 aliphatic carbocycles. The van der Waals surface area contributed by atoms with Crippen LogP contribution in [0.15, 0.2) is 5.16 Å². The van der Waals surface area contributed by atoms with Gasteiger partial charge in [-0.3, -0.25) is 4.79 Å². The number of nitrogens with zero attached hydrogens (tertiary/aromatic N) is 1. The molecular formula is C12H20F3N3O2. The molecule has 0 spiro atoms. The summed E-state index contributed by atoms with van der Waals surface area (Å²) in [6.45, 7) is 0.369. The molecule has 1 fully saturated rings. The summed E-state index contributed by atoms with van der Waals surface area (Å²) in [5, 5.41) is 13.8. The molecule has 1 rings (SSSR count). The molecule has 116 valence electrons. The van der Waals surface area contributed by atoms with Crippen molar-refractivity contribution in [2.75, 3.05) is 6.54 Å². The molecule has 4 N–H and O–H groups in total. The van der Waals surface area contributed by atoms with E-state index in [9.17, 15) is 18.0 Å². The number of nitrogens with one attached hydrogen (secondary N) is 1. The van der Waals surface area contributed by atoms with Crippen LogP contribution in [0.4, 0.5) is 13.2 Å². The second-order valence-corrected chi connectivity index (χ2v) is 5.08. The SMILES string of the molecule is NC(CCCNC(=O)C1CCC(C(F)(F)F)CC1)=NO. The minimum atomic E-state index is -4.15. The van der Waals surface area contributed by atoms with Crippen LogP contribution in [0.5, 0.6) is 0 Å². The number of rotatable bonds is 5. The highest BCUT2D eigenvalue weighted by Gasteiger charge is 2.42. The largest absolute Gasteiger partial charge is 0.409 e. The van der Waals surface area contributed by atoms with Gasteiger partial charge in [0.1, 0.15) is 5.84 Å². The molecule has 0 heterocycles. The molecule has 0 unspecified atom stereocenters. The zero-order chi connectivity index (χ0) is 15.2. The summed E-state index contributed by atoms with van der Waals surface area (Å²) in [6.07, 6.45) is -2.68. The van der Waals surface area contributed by atoms with Gasteiger partial charge >= 0.3 is 6.18 Å². The number of amides is 1.